The highest BCUT2D eigenvalue weighted by molar-refractivity contribution is 5.80. The smallest absolute Gasteiger partial charge is 0.367 e. The fraction of sp³-hybridized carbons (Fsp3) is 0.0714. The summed E-state index contributed by atoms with van der Waals surface area (Å²) >= 11 is 0. The van der Waals surface area contributed by atoms with E-state index in [0.717, 1.165) is 16.7 Å². The van der Waals surface area contributed by atoms with Gasteiger partial charge >= 0.3 is 6.18 Å². The maximum atomic E-state index is 13.9. The number of hydrogen-bond acceptors (Lipinski definition) is 3. The summed E-state index contributed by atoms with van der Waals surface area (Å²) in [5, 5.41) is 14.5. The van der Waals surface area contributed by atoms with Crippen LogP contribution in [0.3, 0.4) is 0 Å². The molecule has 4 nitrogen and oxygen atoms in total. The van der Waals surface area contributed by atoms with Gasteiger partial charge in [0.25, 0.3) is 0 Å². The fourth-order valence-electron chi connectivity index (χ4n) is 4.21. The third kappa shape index (κ3) is 4.94. The molecule has 0 aliphatic carbocycles. The highest BCUT2D eigenvalue weighted by atomic mass is 19.4. The molecule has 0 atom stereocenters. The Bertz CT molecular complexity index is 1230. The van der Waals surface area contributed by atoms with Gasteiger partial charge in [-0.1, -0.05) is 109 Å². The molecule has 0 fully saturated rings. The largest absolute Gasteiger partial charge is 0.423 e. The molecule has 0 bridgehead atoms. The van der Waals surface area contributed by atoms with E-state index in [1.807, 2.05) is 91.0 Å². The SMILES string of the molecule is O=[N+]([O-])/C=C(/c1ccccc1NC(c1ccccc1)(c1ccccc1)c1ccccc1)C(F)(F)F. The number of rotatable bonds is 7. The Kier molecular flexibility index (Phi) is 6.68. The number of para-hydroxylation sites is 1. The second-order valence-electron chi connectivity index (χ2n) is 7.84. The minimum atomic E-state index is -4.93. The molecule has 0 aliphatic rings. The zero-order valence-corrected chi connectivity index (χ0v) is 18.4. The molecule has 0 saturated carbocycles. The molecule has 7 heteroatoms. The Morgan fingerprint density at radius 2 is 1.09 bits per heavy atom. The van der Waals surface area contributed by atoms with Crippen LogP contribution in [0, 0.1) is 10.1 Å². The number of alkyl halides is 3. The Labute approximate surface area is 200 Å². The fourth-order valence-corrected chi connectivity index (χ4v) is 4.21. The molecule has 0 radical (unpaired) electrons. The van der Waals surface area contributed by atoms with Crippen LogP contribution in [0.1, 0.15) is 22.3 Å². The van der Waals surface area contributed by atoms with Gasteiger partial charge in [-0.3, -0.25) is 10.1 Å². The second kappa shape index (κ2) is 9.85. The van der Waals surface area contributed by atoms with Crippen molar-refractivity contribution in [2.75, 3.05) is 5.32 Å². The van der Waals surface area contributed by atoms with Crippen LogP contribution in [0.2, 0.25) is 0 Å². The van der Waals surface area contributed by atoms with Crippen LogP contribution < -0.4 is 5.32 Å². The Morgan fingerprint density at radius 1 is 0.686 bits per heavy atom. The van der Waals surface area contributed by atoms with E-state index in [1.54, 1.807) is 6.07 Å². The molecule has 0 amide bonds. The summed E-state index contributed by atoms with van der Waals surface area (Å²) in [7, 11) is 0. The summed E-state index contributed by atoms with van der Waals surface area (Å²) < 4.78 is 41.8. The standard InChI is InChI=1S/C28H21F3N2O2/c29-28(30,31)25(20-33(34)35)24-18-10-11-19-26(24)32-27(21-12-4-1-5-13-21,22-14-6-2-7-15-22)23-16-8-3-9-17-23/h1-20,32H/b25-20-. The summed E-state index contributed by atoms with van der Waals surface area (Å²) in [4.78, 5) is 10.0. The van der Waals surface area contributed by atoms with Crippen molar-refractivity contribution in [2.45, 2.75) is 11.7 Å². The van der Waals surface area contributed by atoms with Gasteiger partial charge in [0.2, 0.25) is 6.20 Å². The predicted molar refractivity (Wildman–Crippen MR) is 130 cm³/mol. The van der Waals surface area contributed by atoms with Crippen molar-refractivity contribution in [1.29, 1.82) is 0 Å². The summed E-state index contributed by atoms with van der Waals surface area (Å²) in [6, 6.07) is 33.9. The summed E-state index contributed by atoms with van der Waals surface area (Å²) in [5.74, 6) is 0. The number of benzene rings is 4. The zero-order chi connectivity index (χ0) is 24.9. The van der Waals surface area contributed by atoms with E-state index < -0.39 is 22.2 Å². The first-order valence-electron chi connectivity index (χ1n) is 10.8. The topological polar surface area (TPSA) is 55.2 Å². The van der Waals surface area contributed by atoms with Crippen molar-refractivity contribution in [3.8, 4) is 0 Å². The normalized spacial score (nSPS) is 12.3. The van der Waals surface area contributed by atoms with Crippen LogP contribution in [-0.4, -0.2) is 11.1 Å². The molecule has 0 aliphatic heterocycles. The lowest BCUT2D eigenvalue weighted by Crippen LogP contribution is -2.38. The van der Waals surface area contributed by atoms with Crippen LogP contribution >= 0.6 is 0 Å². The predicted octanol–water partition coefficient (Wildman–Crippen LogP) is 7.27. The summed E-state index contributed by atoms with van der Waals surface area (Å²) in [6.07, 6.45) is -4.92. The van der Waals surface area contributed by atoms with Crippen molar-refractivity contribution in [3.63, 3.8) is 0 Å². The van der Waals surface area contributed by atoms with Gasteiger partial charge in [-0.25, -0.2) is 0 Å². The first-order valence-corrected chi connectivity index (χ1v) is 10.8. The number of allylic oxidation sites excluding steroid dienone is 1. The van der Waals surface area contributed by atoms with Crippen LogP contribution in [-0.2, 0) is 5.54 Å². The minimum absolute atomic E-state index is 0.00967. The highest BCUT2D eigenvalue weighted by Crippen LogP contribution is 2.43. The lowest BCUT2D eigenvalue weighted by Gasteiger charge is -2.38. The lowest BCUT2D eigenvalue weighted by molar-refractivity contribution is -0.402. The maximum absolute atomic E-state index is 13.9. The summed E-state index contributed by atoms with van der Waals surface area (Å²) in [5.41, 5.74) is -0.269. The third-order valence-electron chi connectivity index (χ3n) is 5.70. The number of nitrogens with zero attached hydrogens (tertiary/aromatic N) is 1. The molecule has 35 heavy (non-hydrogen) atoms. The Hall–Kier alpha value is -4.39. The van der Waals surface area contributed by atoms with Gasteiger partial charge in [-0.05, 0) is 22.8 Å². The first-order chi connectivity index (χ1) is 16.8. The Morgan fingerprint density at radius 3 is 1.49 bits per heavy atom. The van der Waals surface area contributed by atoms with E-state index in [4.69, 9.17) is 0 Å². The molecular formula is C28H21F3N2O2. The molecular weight excluding hydrogens is 453 g/mol. The zero-order valence-electron chi connectivity index (χ0n) is 18.4. The molecule has 176 valence electrons. The quantitative estimate of drug-likeness (QED) is 0.174. The van der Waals surface area contributed by atoms with E-state index in [0.29, 0.717) is 0 Å². The average Bonchev–Trinajstić information content (AvgIpc) is 2.87. The van der Waals surface area contributed by atoms with Gasteiger partial charge < -0.3 is 5.32 Å². The second-order valence-corrected chi connectivity index (χ2v) is 7.84. The lowest BCUT2D eigenvalue weighted by atomic mass is 9.76. The molecule has 0 saturated heterocycles. The molecule has 0 aromatic heterocycles. The number of anilines is 1. The van der Waals surface area contributed by atoms with Crippen molar-refractivity contribution in [1.82, 2.24) is 0 Å². The van der Waals surface area contributed by atoms with Crippen LogP contribution in [0.5, 0.6) is 0 Å². The minimum Gasteiger partial charge on any atom is -0.367 e. The first kappa shape index (κ1) is 23.8. The molecule has 1 N–H and O–H groups in total. The van der Waals surface area contributed by atoms with Gasteiger partial charge in [-0.2, -0.15) is 13.2 Å². The van der Waals surface area contributed by atoms with Crippen LogP contribution in [0.25, 0.3) is 5.57 Å². The van der Waals surface area contributed by atoms with Gasteiger partial charge in [0.05, 0.1) is 4.92 Å². The van der Waals surface area contributed by atoms with Crippen molar-refractivity contribution in [2.24, 2.45) is 0 Å². The Balaban J connectivity index is 2.02. The number of hydrogen-bond donors (Lipinski definition) is 1. The van der Waals surface area contributed by atoms with Crippen LogP contribution in [0.15, 0.2) is 121 Å². The average molecular weight is 474 g/mol. The van der Waals surface area contributed by atoms with Crippen molar-refractivity contribution in [3.05, 3.63) is 154 Å². The molecule has 4 aromatic rings. The molecule has 0 unspecified atom stereocenters. The molecule has 4 aromatic carbocycles. The van der Waals surface area contributed by atoms with Gasteiger partial charge in [0, 0.05) is 11.3 Å². The van der Waals surface area contributed by atoms with E-state index in [9.17, 15) is 23.3 Å². The highest BCUT2D eigenvalue weighted by Gasteiger charge is 2.41. The van der Waals surface area contributed by atoms with Crippen molar-refractivity contribution >= 4 is 11.3 Å². The summed E-state index contributed by atoms with van der Waals surface area (Å²) in [6.45, 7) is 0. The van der Waals surface area contributed by atoms with Gasteiger partial charge in [0.1, 0.15) is 11.1 Å². The van der Waals surface area contributed by atoms with E-state index in [2.05, 4.69) is 5.32 Å². The van der Waals surface area contributed by atoms with E-state index in [-0.39, 0.29) is 17.5 Å². The van der Waals surface area contributed by atoms with E-state index in [1.165, 1.54) is 18.2 Å². The van der Waals surface area contributed by atoms with E-state index >= 15 is 0 Å². The third-order valence-corrected chi connectivity index (χ3v) is 5.70. The maximum Gasteiger partial charge on any atom is 0.423 e. The van der Waals surface area contributed by atoms with Crippen molar-refractivity contribution < 1.29 is 18.1 Å². The van der Waals surface area contributed by atoms with Crippen LogP contribution in [0.4, 0.5) is 18.9 Å². The number of nitrogens with one attached hydrogen (secondary N) is 1. The monoisotopic (exact) mass is 474 g/mol. The van der Waals surface area contributed by atoms with Gasteiger partial charge in [0.15, 0.2) is 0 Å². The molecule has 4 rings (SSSR count). The van der Waals surface area contributed by atoms with Gasteiger partial charge in [-0.15, -0.1) is 0 Å². The number of halogens is 3. The number of nitro groups is 1. The molecule has 0 spiro atoms. The molecule has 0 heterocycles.